The molecule has 1 fully saturated rings. The van der Waals surface area contributed by atoms with Crippen LogP contribution in [0.25, 0.3) is 0 Å². The van der Waals surface area contributed by atoms with E-state index in [4.69, 9.17) is 11.6 Å². The van der Waals surface area contributed by atoms with E-state index in [0.717, 1.165) is 31.2 Å². The van der Waals surface area contributed by atoms with Crippen molar-refractivity contribution in [3.8, 4) is 0 Å². The molecule has 0 saturated carbocycles. The lowest BCUT2D eigenvalue weighted by Crippen LogP contribution is -2.46. The summed E-state index contributed by atoms with van der Waals surface area (Å²) in [5, 5.41) is 4.27. The average molecular weight is 448 g/mol. The minimum absolute atomic E-state index is 0. The van der Waals surface area contributed by atoms with Gasteiger partial charge in [0.2, 0.25) is 0 Å². The summed E-state index contributed by atoms with van der Waals surface area (Å²) in [6.45, 7) is 9.09. The van der Waals surface area contributed by atoms with Crippen molar-refractivity contribution in [1.29, 1.82) is 0 Å². The minimum Gasteiger partial charge on any atom is -0.314 e. The maximum Gasteiger partial charge on any atom is 0.0406 e. The first-order valence-corrected chi connectivity index (χ1v) is 10.4. The zero-order chi connectivity index (χ0) is 17.6. The van der Waals surface area contributed by atoms with Gasteiger partial charge in [0.25, 0.3) is 0 Å². The molecule has 150 valence electrons. The van der Waals surface area contributed by atoms with Crippen LogP contribution >= 0.6 is 48.2 Å². The maximum absolute atomic E-state index is 6.04. The molecular weight excluding hydrogens is 419 g/mol. The van der Waals surface area contributed by atoms with E-state index in [0.29, 0.717) is 12.0 Å². The fraction of sp³-hybridized carbons (Fsp3) is 0.429. The molecule has 1 aliphatic heterocycles. The van der Waals surface area contributed by atoms with E-state index in [1.54, 1.807) is 0 Å². The predicted molar refractivity (Wildman–Crippen MR) is 123 cm³/mol. The van der Waals surface area contributed by atoms with Crippen molar-refractivity contribution in [2.24, 2.45) is 5.92 Å². The van der Waals surface area contributed by atoms with Crippen LogP contribution in [0, 0.1) is 5.92 Å². The topological polar surface area (TPSA) is 15.3 Å². The number of nitrogens with one attached hydrogen (secondary N) is 1. The molecular formula is C21H29Cl3N2S. The highest BCUT2D eigenvalue weighted by Crippen LogP contribution is 2.39. The van der Waals surface area contributed by atoms with Crippen LogP contribution in [-0.2, 0) is 0 Å². The van der Waals surface area contributed by atoms with Gasteiger partial charge in [0.1, 0.15) is 0 Å². The maximum atomic E-state index is 6.04. The van der Waals surface area contributed by atoms with Crippen LogP contribution in [0.2, 0.25) is 5.02 Å². The molecule has 0 amide bonds. The predicted octanol–water partition coefficient (Wildman–Crippen LogP) is 6.33. The molecule has 1 N–H and O–H groups in total. The Morgan fingerprint density at radius 3 is 2.30 bits per heavy atom. The molecule has 2 nitrogen and oxygen atoms in total. The van der Waals surface area contributed by atoms with E-state index >= 15 is 0 Å². The van der Waals surface area contributed by atoms with Crippen molar-refractivity contribution in [3.05, 3.63) is 59.1 Å². The highest BCUT2D eigenvalue weighted by atomic mass is 35.5. The van der Waals surface area contributed by atoms with Crippen LogP contribution < -0.4 is 5.32 Å². The highest BCUT2D eigenvalue weighted by molar-refractivity contribution is 7.99. The van der Waals surface area contributed by atoms with Gasteiger partial charge in [0.15, 0.2) is 0 Å². The van der Waals surface area contributed by atoms with Crippen molar-refractivity contribution >= 4 is 48.2 Å². The number of hydrogen-bond acceptors (Lipinski definition) is 3. The quantitative estimate of drug-likeness (QED) is 0.557. The zero-order valence-electron chi connectivity index (χ0n) is 15.9. The first kappa shape index (κ1) is 24.6. The van der Waals surface area contributed by atoms with Gasteiger partial charge in [-0.15, -0.1) is 24.8 Å². The SMILES string of the molecule is CCC(C)[C@@H](c1ccccc1Sc1ccc(Cl)cc1)N1CCNCC1.Cl.Cl. The smallest absolute Gasteiger partial charge is 0.0406 e. The van der Waals surface area contributed by atoms with E-state index < -0.39 is 0 Å². The van der Waals surface area contributed by atoms with Crippen LogP contribution in [0.4, 0.5) is 0 Å². The summed E-state index contributed by atoms with van der Waals surface area (Å²) in [4.78, 5) is 5.25. The summed E-state index contributed by atoms with van der Waals surface area (Å²) in [5.74, 6) is 0.630. The summed E-state index contributed by atoms with van der Waals surface area (Å²) >= 11 is 7.88. The van der Waals surface area contributed by atoms with Crippen molar-refractivity contribution < 1.29 is 0 Å². The Bertz CT molecular complexity index is 675. The number of rotatable bonds is 6. The van der Waals surface area contributed by atoms with Gasteiger partial charge in [-0.1, -0.05) is 61.8 Å². The molecule has 1 unspecified atom stereocenters. The van der Waals surface area contributed by atoms with Gasteiger partial charge in [-0.05, 0) is 41.8 Å². The molecule has 1 saturated heterocycles. The normalized spacial score (nSPS) is 16.7. The Kier molecular flexibility index (Phi) is 11.1. The highest BCUT2D eigenvalue weighted by Gasteiger charge is 2.28. The molecule has 0 spiro atoms. The lowest BCUT2D eigenvalue weighted by atomic mass is 9.90. The fourth-order valence-electron chi connectivity index (χ4n) is 3.49. The molecule has 0 radical (unpaired) electrons. The van der Waals surface area contributed by atoms with E-state index in [1.807, 2.05) is 23.9 Å². The van der Waals surface area contributed by atoms with Gasteiger partial charge < -0.3 is 5.32 Å². The number of nitrogens with zero attached hydrogens (tertiary/aromatic N) is 1. The van der Waals surface area contributed by atoms with E-state index in [1.165, 1.54) is 21.8 Å². The Balaban J connectivity index is 0.00000182. The van der Waals surface area contributed by atoms with Gasteiger partial charge in [-0.2, -0.15) is 0 Å². The molecule has 0 aromatic heterocycles. The van der Waals surface area contributed by atoms with E-state index in [2.05, 4.69) is 60.5 Å². The lowest BCUT2D eigenvalue weighted by Gasteiger charge is -2.39. The van der Waals surface area contributed by atoms with E-state index in [9.17, 15) is 0 Å². The fourth-order valence-corrected chi connectivity index (χ4v) is 4.60. The second-order valence-electron chi connectivity index (χ2n) is 6.71. The number of halogens is 3. The third-order valence-electron chi connectivity index (χ3n) is 5.01. The molecule has 1 aliphatic rings. The Morgan fingerprint density at radius 1 is 1.04 bits per heavy atom. The second-order valence-corrected chi connectivity index (χ2v) is 8.26. The molecule has 27 heavy (non-hydrogen) atoms. The third-order valence-corrected chi connectivity index (χ3v) is 6.36. The molecule has 2 aromatic carbocycles. The molecule has 2 aromatic rings. The molecule has 2 atom stereocenters. The number of piperazine rings is 1. The molecule has 0 bridgehead atoms. The molecule has 1 heterocycles. The van der Waals surface area contributed by atoms with Crippen molar-refractivity contribution in [1.82, 2.24) is 10.2 Å². The molecule has 3 rings (SSSR count). The van der Waals surface area contributed by atoms with Crippen LogP contribution in [0.1, 0.15) is 31.9 Å². The molecule has 6 heteroatoms. The third kappa shape index (κ3) is 6.56. The van der Waals surface area contributed by atoms with Gasteiger partial charge in [0.05, 0.1) is 0 Å². The Morgan fingerprint density at radius 2 is 1.67 bits per heavy atom. The average Bonchev–Trinajstić information content (AvgIpc) is 2.66. The Hall–Kier alpha value is -0.420. The van der Waals surface area contributed by atoms with E-state index in [-0.39, 0.29) is 24.8 Å². The standard InChI is InChI=1S/C21H27ClN2S.2ClH/c1-3-16(2)21(24-14-12-23-13-15-24)19-6-4-5-7-20(19)25-18-10-8-17(22)9-11-18;;/h4-11,16,21,23H,3,12-15H2,1-2H3;2*1H/t16?,21-;;/m0../s1. The van der Waals surface area contributed by atoms with Gasteiger partial charge in [-0.3, -0.25) is 4.90 Å². The second kappa shape index (κ2) is 12.2. The van der Waals surface area contributed by atoms with Crippen molar-refractivity contribution in [2.75, 3.05) is 26.2 Å². The summed E-state index contributed by atoms with van der Waals surface area (Å²) in [6, 6.07) is 17.5. The van der Waals surface area contributed by atoms with Gasteiger partial charge in [-0.25, -0.2) is 0 Å². The van der Waals surface area contributed by atoms with Gasteiger partial charge >= 0.3 is 0 Å². The largest absolute Gasteiger partial charge is 0.314 e. The summed E-state index contributed by atoms with van der Waals surface area (Å²) in [7, 11) is 0. The van der Waals surface area contributed by atoms with Gasteiger partial charge in [0, 0.05) is 47.0 Å². The zero-order valence-corrected chi connectivity index (χ0v) is 19.1. The summed E-state index contributed by atoms with van der Waals surface area (Å²) < 4.78 is 0. The lowest BCUT2D eigenvalue weighted by molar-refractivity contribution is 0.126. The minimum atomic E-state index is 0. The first-order chi connectivity index (χ1) is 12.2. The van der Waals surface area contributed by atoms with Crippen molar-refractivity contribution in [2.45, 2.75) is 36.1 Å². The number of hydrogen-bond donors (Lipinski definition) is 1. The van der Waals surface area contributed by atoms with Crippen LogP contribution in [0.3, 0.4) is 0 Å². The Labute approximate surface area is 185 Å². The van der Waals surface area contributed by atoms with Crippen LogP contribution in [-0.4, -0.2) is 31.1 Å². The monoisotopic (exact) mass is 446 g/mol. The number of benzene rings is 2. The van der Waals surface area contributed by atoms with Crippen LogP contribution in [0.5, 0.6) is 0 Å². The molecule has 0 aliphatic carbocycles. The summed E-state index contributed by atoms with van der Waals surface area (Å²) in [5.41, 5.74) is 1.46. The van der Waals surface area contributed by atoms with Crippen LogP contribution in [0.15, 0.2) is 58.3 Å². The summed E-state index contributed by atoms with van der Waals surface area (Å²) in [6.07, 6.45) is 1.19. The first-order valence-electron chi connectivity index (χ1n) is 9.16. The van der Waals surface area contributed by atoms with Crippen molar-refractivity contribution in [3.63, 3.8) is 0 Å².